The molecule has 3 rings (SSSR count). The van der Waals surface area contributed by atoms with Crippen molar-refractivity contribution in [1.29, 1.82) is 0 Å². The van der Waals surface area contributed by atoms with Gasteiger partial charge in [-0.15, -0.1) is 4.37 Å². The molecule has 0 radical (unpaired) electrons. The minimum absolute atomic E-state index is 0.176. The molecule has 2 aromatic rings. The van der Waals surface area contributed by atoms with Crippen LogP contribution in [0.25, 0.3) is 0 Å². The van der Waals surface area contributed by atoms with Crippen molar-refractivity contribution in [1.82, 2.24) is 13.1 Å². The van der Waals surface area contributed by atoms with Gasteiger partial charge in [0.1, 0.15) is 18.1 Å². The van der Waals surface area contributed by atoms with Crippen molar-refractivity contribution in [3.63, 3.8) is 0 Å². The zero-order valence-corrected chi connectivity index (χ0v) is 13.2. The molecule has 118 valence electrons. The third-order valence-corrected chi connectivity index (χ3v) is 5.68. The van der Waals surface area contributed by atoms with Gasteiger partial charge in [-0.3, -0.25) is 0 Å². The van der Waals surface area contributed by atoms with Crippen LogP contribution in [0.5, 0.6) is 5.88 Å². The first-order valence-electron chi connectivity index (χ1n) is 6.70. The second-order valence-corrected chi connectivity index (χ2v) is 7.51. The molecular weight excluding hydrogens is 329 g/mol. The van der Waals surface area contributed by atoms with Crippen LogP contribution in [0.4, 0.5) is 4.39 Å². The number of hydrogen-bond donors (Lipinski definition) is 0. The number of halogens is 1. The van der Waals surface area contributed by atoms with Gasteiger partial charge in [-0.05, 0) is 12.5 Å². The first-order chi connectivity index (χ1) is 10.5. The lowest BCUT2D eigenvalue weighted by Crippen LogP contribution is -2.32. The minimum atomic E-state index is -3.57. The average Bonchev–Trinajstić information content (AvgIpc) is 3.14. The van der Waals surface area contributed by atoms with Crippen LogP contribution in [-0.2, 0) is 15.8 Å². The Balaban J connectivity index is 1.65. The van der Waals surface area contributed by atoms with Gasteiger partial charge in [0.2, 0.25) is 15.9 Å². The van der Waals surface area contributed by atoms with E-state index in [1.54, 1.807) is 6.07 Å². The number of aromatic nitrogens is 2. The van der Waals surface area contributed by atoms with E-state index in [4.69, 9.17) is 4.74 Å². The molecule has 9 heteroatoms. The van der Waals surface area contributed by atoms with Crippen molar-refractivity contribution < 1.29 is 17.5 Å². The van der Waals surface area contributed by atoms with Crippen molar-refractivity contribution >= 4 is 21.8 Å². The summed E-state index contributed by atoms with van der Waals surface area (Å²) in [5, 5.41) is 0. The van der Waals surface area contributed by atoms with Crippen LogP contribution in [0, 0.1) is 5.82 Å². The first kappa shape index (κ1) is 15.3. The second-order valence-electron chi connectivity index (χ2n) is 4.98. The smallest absolute Gasteiger partial charge is 0.246 e. The molecule has 22 heavy (non-hydrogen) atoms. The van der Waals surface area contributed by atoms with Gasteiger partial charge in [0.25, 0.3) is 0 Å². The third-order valence-electron chi connectivity index (χ3n) is 3.43. The standard InChI is InChI=1S/C13H14FN3O3S2/c14-12-4-2-1-3-10(12)9-22(18,19)17-6-5-11(8-17)20-13-7-15-21-16-13/h1-4,7,11H,5-6,8-9H2. The van der Waals surface area contributed by atoms with Gasteiger partial charge in [0, 0.05) is 12.1 Å². The largest absolute Gasteiger partial charge is 0.471 e. The Morgan fingerprint density at radius 3 is 2.95 bits per heavy atom. The van der Waals surface area contributed by atoms with Crippen LogP contribution in [0.3, 0.4) is 0 Å². The summed E-state index contributed by atoms with van der Waals surface area (Å²) >= 11 is 1.03. The Morgan fingerprint density at radius 2 is 2.23 bits per heavy atom. The van der Waals surface area contributed by atoms with Crippen LogP contribution < -0.4 is 4.74 Å². The van der Waals surface area contributed by atoms with Crippen LogP contribution in [0.15, 0.2) is 30.5 Å². The molecule has 2 heterocycles. The molecule has 1 atom stereocenters. The summed E-state index contributed by atoms with van der Waals surface area (Å²) in [6.07, 6.45) is 1.83. The van der Waals surface area contributed by atoms with Gasteiger partial charge in [0.15, 0.2) is 0 Å². The molecule has 1 aliphatic heterocycles. The van der Waals surface area contributed by atoms with Gasteiger partial charge in [-0.25, -0.2) is 12.8 Å². The summed E-state index contributed by atoms with van der Waals surface area (Å²) in [5.74, 6) is -0.444. The fourth-order valence-corrected chi connectivity index (χ4v) is 4.27. The quantitative estimate of drug-likeness (QED) is 0.826. The predicted molar refractivity (Wildman–Crippen MR) is 79.5 cm³/mol. The molecule has 1 saturated heterocycles. The van der Waals surface area contributed by atoms with E-state index in [1.807, 2.05) is 0 Å². The number of ether oxygens (including phenoxy) is 1. The topological polar surface area (TPSA) is 72.4 Å². The zero-order chi connectivity index (χ0) is 15.6. The summed E-state index contributed by atoms with van der Waals surface area (Å²) in [5.41, 5.74) is 0.176. The highest BCUT2D eigenvalue weighted by atomic mass is 32.2. The van der Waals surface area contributed by atoms with Gasteiger partial charge < -0.3 is 4.74 Å². The first-order valence-corrected chi connectivity index (χ1v) is 9.04. The number of rotatable bonds is 5. The fraction of sp³-hybridized carbons (Fsp3) is 0.385. The van der Waals surface area contributed by atoms with E-state index in [-0.39, 0.29) is 24.0 Å². The number of hydrogen-bond acceptors (Lipinski definition) is 6. The van der Waals surface area contributed by atoms with Crippen molar-refractivity contribution in [2.24, 2.45) is 0 Å². The third kappa shape index (κ3) is 3.42. The highest BCUT2D eigenvalue weighted by molar-refractivity contribution is 7.88. The Kier molecular flexibility index (Phi) is 4.37. The zero-order valence-electron chi connectivity index (χ0n) is 11.6. The van der Waals surface area contributed by atoms with E-state index >= 15 is 0 Å². The highest BCUT2D eigenvalue weighted by Crippen LogP contribution is 2.22. The molecule has 0 aliphatic carbocycles. The summed E-state index contributed by atoms with van der Waals surface area (Å²) in [6, 6.07) is 5.90. The van der Waals surface area contributed by atoms with Gasteiger partial charge in [0.05, 0.1) is 24.0 Å². The molecule has 1 unspecified atom stereocenters. The van der Waals surface area contributed by atoms with Gasteiger partial charge >= 0.3 is 0 Å². The van der Waals surface area contributed by atoms with E-state index in [0.29, 0.717) is 18.8 Å². The summed E-state index contributed by atoms with van der Waals surface area (Å²) < 4.78 is 53.0. The lowest BCUT2D eigenvalue weighted by atomic mass is 10.2. The Bertz CT molecular complexity index is 737. The molecule has 0 N–H and O–H groups in total. The molecule has 1 aromatic heterocycles. The van der Waals surface area contributed by atoms with E-state index in [1.165, 1.54) is 28.7 Å². The van der Waals surface area contributed by atoms with Crippen LogP contribution in [0.2, 0.25) is 0 Å². The molecule has 0 bridgehead atoms. The van der Waals surface area contributed by atoms with Crippen LogP contribution >= 0.6 is 11.7 Å². The summed E-state index contributed by atoms with van der Waals surface area (Å²) in [7, 11) is -3.57. The predicted octanol–water partition coefficient (Wildman–Crippen LogP) is 1.66. The molecule has 1 aliphatic rings. The maximum atomic E-state index is 13.6. The molecule has 1 aromatic carbocycles. The summed E-state index contributed by atoms with van der Waals surface area (Å²) in [4.78, 5) is 0. The van der Waals surface area contributed by atoms with Gasteiger partial charge in [-0.1, -0.05) is 18.2 Å². The SMILES string of the molecule is O=S(=O)(Cc1ccccc1F)N1CCC(Oc2cnsn2)C1. The van der Waals surface area contributed by atoms with Crippen molar-refractivity contribution in [3.05, 3.63) is 41.8 Å². The lowest BCUT2D eigenvalue weighted by Gasteiger charge is -2.16. The number of benzene rings is 1. The Hall–Kier alpha value is -1.58. The average molecular weight is 343 g/mol. The van der Waals surface area contributed by atoms with Crippen molar-refractivity contribution in [2.45, 2.75) is 18.3 Å². The number of nitrogens with zero attached hydrogens (tertiary/aromatic N) is 3. The number of sulfonamides is 1. The van der Waals surface area contributed by atoms with E-state index < -0.39 is 15.8 Å². The lowest BCUT2D eigenvalue weighted by molar-refractivity contribution is 0.208. The van der Waals surface area contributed by atoms with Gasteiger partial charge in [-0.2, -0.15) is 8.68 Å². The Labute approximate surface area is 131 Å². The van der Waals surface area contributed by atoms with Crippen LogP contribution in [-0.4, -0.2) is 40.7 Å². The second kappa shape index (κ2) is 6.27. The molecule has 6 nitrogen and oxygen atoms in total. The monoisotopic (exact) mass is 343 g/mol. The summed E-state index contributed by atoms with van der Waals surface area (Å²) in [6.45, 7) is 0.604. The molecule has 0 amide bonds. The molecule has 0 saturated carbocycles. The fourth-order valence-electron chi connectivity index (χ4n) is 2.33. The minimum Gasteiger partial charge on any atom is -0.471 e. The molecule has 1 fully saturated rings. The molecular formula is C13H14FN3O3S2. The van der Waals surface area contributed by atoms with E-state index in [9.17, 15) is 12.8 Å². The van der Waals surface area contributed by atoms with E-state index in [2.05, 4.69) is 8.75 Å². The Morgan fingerprint density at radius 1 is 1.41 bits per heavy atom. The maximum Gasteiger partial charge on any atom is 0.246 e. The van der Waals surface area contributed by atoms with Crippen molar-refractivity contribution in [3.8, 4) is 5.88 Å². The van der Waals surface area contributed by atoms with E-state index in [0.717, 1.165) is 11.7 Å². The molecule has 0 spiro atoms. The van der Waals surface area contributed by atoms with Crippen molar-refractivity contribution in [2.75, 3.05) is 13.1 Å². The normalized spacial score (nSPS) is 19.4. The van der Waals surface area contributed by atoms with Crippen LogP contribution in [0.1, 0.15) is 12.0 Å². The maximum absolute atomic E-state index is 13.6. The highest BCUT2D eigenvalue weighted by Gasteiger charge is 2.33.